The second-order valence-corrected chi connectivity index (χ2v) is 16.1. The molecule has 63 heavy (non-hydrogen) atoms. The first-order valence-electron chi connectivity index (χ1n) is 21.5. The van der Waals surface area contributed by atoms with E-state index in [9.17, 15) is 0 Å². The van der Waals surface area contributed by atoms with Gasteiger partial charge in [0.05, 0.1) is 11.0 Å². The summed E-state index contributed by atoms with van der Waals surface area (Å²) in [6.45, 7) is 0. The van der Waals surface area contributed by atoms with Crippen LogP contribution in [0.15, 0.2) is 247 Å². The fourth-order valence-corrected chi connectivity index (χ4v) is 9.41. The average Bonchev–Trinajstić information content (AvgIpc) is 3.92. The minimum Gasteiger partial charge on any atom is -0.455 e. The predicted octanol–water partition coefficient (Wildman–Crippen LogP) is 16.8. The Labute approximate surface area is 366 Å². The van der Waals surface area contributed by atoms with Crippen LogP contribution in [0.1, 0.15) is 0 Å². The van der Waals surface area contributed by atoms with Crippen LogP contribution in [0.3, 0.4) is 0 Å². The third-order valence-corrected chi connectivity index (χ3v) is 12.4. The van der Waals surface area contributed by atoms with Gasteiger partial charge in [0, 0.05) is 49.9 Å². The van der Waals surface area contributed by atoms with Crippen LogP contribution in [0.5, 0.6) is 0 Å². The first-order chi connectivity index (χ1) is 31.2. The van der Waals surface area contributed by atoms with Crippen LogP contribution >= 0.6 is 0 Å². The lowest BCUT2D eigenvalue weighted by molar-refractivity contribution is 0.670. The van der Waals surface area contributed by atoms with Gasteiger partial charge < -0.3 is 13.9 Å². The number of hydrogen-bond acceptors (Lipinski definition) is 2. The quantitative estimate of drug-likeness (QED) is 0.153. The monoisotopic (exact) mass is 804 g/mol. The lowest BCUT2D eigenvalue weighted by Crippen LogP contribution is -2.09. The Balaban J connectivity index is 0.935. The van der Waals surface area contributed by atoms with Crippen LogP contribution in [0.2, 0.25) is 0 Å². The molecule has 0 spiro atoms. The van der Waals surface area contributed by atoms with Gasteiger partial charge >= 0.3 is 0 Å². The molecule has 0 aliphatic carbocycles. The van der Waals surface area contributed by atoms with Crippen LogP contribution in [0.4, 0.5) is 17.1 Å². The minimum absolute atomic E-state index is 0.890. The number of para-hydroxylation sites is 3. The summed E-state index contributed by atoms with van der Waals surface area (Å²) in [6.07, 6.45) is 0. The van der Waals surface area contributed by atoms with Crippen LogP contribution in [0.25, 0.3) is 93.9 Å². The fraction of sp³-hybridized carbons (Fsp3) is 0. The Morgan fingerprint density at radius 3 is 1.38 bits per heavy atom. The van der Waals surface area contributed by atoms with Crippen LogP contribution in [-0.4, -0.2) is 4.57 Å². The lowest BCUT2D eigenvalue weighted by atomic mass is 9.94. The van der Waals surface area contributed by atoms with Gasteiger partial charge in [0.2, 0.25) is 0 Å². The molecular weight excluding hydrogens is 765 g/mol. The number of fused-ring (bicyclic) bond motifs is 6. The van der Waals surface area contributed by atoms with Crippen molar-refractivity contribution in [2.45, 2.75) is 0 Å². The van der Waals surface area contributed by atoms with E-state index in [4.69, 9.17) is 4.42 Å². The number of furan rings is 1. The van der Waals surface area contributed by atoms with Gasteiger partial charge in [0.1, 0.15) is 11.2 Å². The van der Waals surface area contributed by atoms with Gasteiger partial charge in [-0.3, -0.25) is 0 Å². The number of aromatic nitrogens is 1. The molecule has 0 fully saturated rings. The van der Waals surface area contributed by atoms with E-state index in [0.29, 0.717) is 0 Å². The molecular formula is C60H40N2O. The summed E-state index contributed by atoms with van der Waals surface area (Å²) in [5.74, 6) is 0. The van der Waals surface area contributed by atoms with E-state index in [2.05, 4.69) is 246 Å². The van der Waals surface area contributed by atoms with Gasteiger partial charge in [-0.15, -0.1) is 0 Å². The van der Waals surface area contributed by atoms with Gasteiger partial charge in [-0.05, 0) is 112 Å². The van der Waals surface area contributed by atoms with E-state index in [1.165, 1.54) is 38.5 Å². The molecule has 2 aromatic heterocycles. The number of hydrogen-bond donors (Lipinski definition) is 0. The van der Waals surface area contributed by atoms with Gasteiger partial charge in [-0.1, -0.05) is 170 Å². The number of benzene rings is 10. The van der Waals surface area contributed by atoms with E-state index in [1.807, 2.05) is 6.07 Å². The van der Waals surface area contributed by atoms with Crippen molar-refractivity contribution in [3.8, 4) is 50.2 Å². The highest BCUT2D eigenvalue weighted by atomic mass is 16.3. The summed E-state index contributed by atoms with van der Waals surface area (Å²) in [6, 6.07) is 86.9. The topological polar surface area (TPSA) is 21.3 Å². The molecule has 12 aromatic rings. The molecule has 0 bridgehead atoms. The van der Waals surface area contributed by atoms with Crippen LogP contribution in [0, 0.1) is 0 Å². The van der Waals surface area contributed by atoms with Gasteiger partial charge in [-0.25, -0.2) is 0 Å². The molecule has 296 valence electrons. The smallest absolute Gasteiger partial charge is 0.143 e. The Kier molecular flexibility index (Phi) is 8.83. The van der Waals surface area contributed by atoms with E-state index < -0.39 is 0 Å². The molecule has 0 radical (unpaired) electrons. The zero-order valence-corrected chi connectivity index (χ0v) is 34.4. The summed E-state index contributed by atoms with van der Waals surface area (Å²) in [5, 5.41) is 4.77. The molecule has 3 nitrogen and oxygen atoms in total. The maximum Gasteiger partial charge on any atom is 0.143 e. The highest BCUT2D eigenvalue weighted by molar-refractivity contribution is 6.16. The summed E-state index contributed by atoms with van der Waals surface area (Å²) in [4.78, 5) is 2.35. The van der Waals surface area contributed by atoms with Crippen molar-refractivity contribution in [1.82, 2.24) is 4.57 Å². The highest BCUT2D eigenvalue weighted by Gasteiger charge is 2.19. The van der Waals surface area contributed by atoms with Crippen molar-refractivity contribution < 1.29 is 4.42 Å². The molecule has 0 N–H and O–H groups in total. The molecule has 3 heteroatoms. The fourth-order valence-electron chi connectivity index (χ4n) is 9.41. The van der Waals surface area contributed by atoms with Crippen molar-refractivity contribution in [2.24, 2.45) is 0 Å². The molecule has 10 aromatic carbocycles. The maximum absolute atomic E-state index is 6.61. The molecule has 0 saturated heterocycles. The third-order valence-electron chi connectivity index (χ3n) is 12.4. The Bertz CT molecular complexity index is 3530. The second kappa shape index (κ2) is 15.3. The maximum atomic E-state index is 6.61. The standard InChI is InChI=1S/C60H40N2O/c1-3-14-41(15-4-1)42-26-32-47(33-27-42)61(48-34-28-43(29-35-48)46-18-13-19-50(40-46)62-56-23-10-7-20-53(56)54-21-8-11-24-57(54)62)49-36-30-45(31-37-49)51-38-39-52(44-16-5-2-6-17-44)60-59(51)55-22-9-12-25-58(55)63-60/h1-40H. The van der Waals surface area contributed by atoms with Gasteiger partial charge in [0.25, 0.3) is 0 Å². The molecule has 0 unspecified atom stereocenters. The highest BCUT2D eigenvalue weighted by Crippen LogP contribution is 2.43. The summed E-state index contributed by atoms with van der Waals surface area (Å²) >= 11 is 0. The van der Waals surface area contributed by atoms with E-state index in [0.717, 1.165) is 72.5 Å². The molecule has 0 saturated carbocycles. The third kappa shape index (κ3) is 6.38. The number of nitrogens with zero attached hydrogens (tertiary/aromatic N) is 2. The van der Waals surface area contributed by atoms with Crippen LogP contribution < -0.4 is 4.90 Å². The van der Waals surface area contributed by atoms with E-state index in [1.54, 1.807) is 0 Å². The van der Waals surface area contributed by atoms with Gasteiger partial charge in [0.15, 0.2) is 0 Å². The van der Waals surface area contributed by atoms with Gasteiger partial charge in [-0.2, -0.15) is 0 Å². The second-order valence-electron chi connectivity index (χ2n) is 16.1. The minimum atomic E-state index is 0.890. The predicted molar refractivity (Wildman–Crippen MR) is 264 cm³/mol. The van der Waals surface area contributed by atoms with Crippen molar-refractivity contribution in [1.29, 1.82) is 0 Å². The van der Waals surface area contributed by atoms with E-state index in [-0.39, 0.29) is 0 Å². The Hall–Kier alpha value is -8.40. The lowest BCUT2D eigenvalue weighted by Gasteiger charge is -2.26. The zero-order valence-electron chi connectivity index (χ0n) is 34.4. The van der Waals surface area contributed by atoms with Crippen LogP contribution in [-0.2, 0) is 0 Å². The molecule has 0 aliphatic rings. The first-order valence-corrected chi connectivity index (χ1v) is 21.5. The first kappa shape index (κ1) is 36.5. The molecule has 0 atom stereocenters. The Morgan fingerprint density at radius 2 is 0.762 bits per heavy atom. The van der Waals surface area contributed by atoms with Crippen molar-refractivity contribution >= 4 is 60.8 Å². The molecule has 2 heterocycles. The summed E-state index contributed by atoms with van der Waals surface area (Å²) < 4.78 is 8.99. The number of anilines is 3. The summed E-state index contributed by atoms with van der Waals surface area (Å²) in [7, 11) is 0. The zero-order chi connectivity index (χ0) is 41.7. The van der Waals surface area contributed by atoms with Crippen molar-refractivity contribution in [3.05, 3.63) is 243 Å². The molecule has 0 aliphatic heterocycles. The van der Waals surface area contributed by atoms with Crippen molar-refractivity contribution in [2.75, 3.05) is 4.90 Å². The normalized spacial score (nSPS) is 11.5. The molecule has 12 rings (SSSR count). The number of rotatable bonds is 8. The van der Waals surface area contributed by atoms with Crippen molar-refractivity contribution in [3.63, 3.8) is 0 Å². The molecule has 0 amide bonds. The SMILES string of the molecule is c1ccc(-c2ccc(N(c3ccc(-c4cccc(-n5c6ccccc6c6ccccc65)c4)cc3)c3ccc(-c4ccc(-c5ccccc5)c5oc6ccccc6c45)cc3)cc2)cc1. The Morgan fingerprint density at radius 1 is 0.317 bits per heavy atom. The largest absolute Gasteiger partial charge is 0.455 e. The average molecular weight is 805 g/mol. The summed E-state index contributed by atoms with van der Waals surface area (Å²) in [5.41, 5.74) is 17.8. The van der Waals surface area contributed by atoms with E-state index >= 15 is 0 Å².